The van der Waals surface area contributed by atoms with Gasteiger partial charge >= 0.3 is 6.03 Å². The summed E-state index contributed by atoms with van der Waals surface area (Å²) in [6, 6.07) is 7.17. The lowest BCUT2D eigenvalue weighted by molar-refractivity contribution is 0.187. The summed E-state index contributed by atoms with van der Waals surface area (Å²) in [5, 5.41) is 14.2. The van der Waals surface area contributed by atoms with Crippen molar-refractivity contribution in [2.75, 3.05) is 13.7 Å². The summed E-state index contributed by atoms with van der Waals surface area (Å²) in [4.78, 5) is 11.3. The van der Waals surface area contributed by atoms with Crippen molar-refractivity contribution in [1.82, 2.24) is 10.6 Å². The lowest BCUT2D eigenvalue weighted by atomic mass is 10.2. The van der Waals surface area contributed by atoms with Crippen LogP contribution in [0.15, 0.2) is 24.3 Å². The van der Waals surface area contributed by atoms with Gasteiger partial charge in [-0.25, -0.2) is 4.79 Å². The molecule has 0 bridgehead atoms. The second-order valence-corrected chi connectivity index (χ2v) is 3.72. The largest absolute Gasteiger partial charge is 0.496 e. The highest BCUT2D eigenvalue weighted by atomic mass is 16.5. The summed E-state index contributed by atoms with van der Waals surface area (Å²) in [5.74, 6) is 0.739. The standard InChI is InChI=1S/C12H18N2O3/c1-9(15)7-13-12(16)14-8-10-5-3-4-6-11(10)17-2/h3-6,9,15H,7-8H2,1-2H3,(H2,13,14,16). The fourth-order valence-electron chi connectivity index (χ4n) is 1.33. The van der Waals surface area contributed by atoms with Gasteiger partial charge in [0.25, 0.3) is 0 Å². The van der Waals surface area contributed by atoms with Crippen LogP contribution in [-0.2, 0) is 6.54 Å². The number of benzene rings is 1. The van der Waals surface area contributed by atoms with E-state index in [0.29, 0.717) is 6.54 Å². The number of aliphatic hydroxyl groups excluding tert-OH is 1. The molecule has 1 aromatic carbocycles. The van der Waals surface area contributed by atoms with Crippen molar-refractivity contribution in [2.45, 2.75) is 19.6 Å². The van der Waals surface area contributed by atoms with Gasteiger partial charge in [0, 0.05) is 18.7 Å². The number of urea groups is 1. The molecule has 1 unspecified atom stereocenters. The van der Waals surface area contributed by atoms with Crippen molar-refractivity contribution in [3.8, 4) is 5.75 Å². The van der Waals surface area contributed by atoms with Gasteiger partial charge in [0.05, 0.1) is 13.2 Å². The summed E-state index contributed by atoms with van der Waals surface area (Å²) >= 11 is 0. The van der Waals surface area contributed by atoms with Gasteiger partial charge in [-0.1, -0.05) is 18.2 Å². The van der Waals surface area contributed by atoms with Gasteiger partial charge in [0.2, 0.25) is 0 Å². The summed E-state index contributed by atoms with van der Waals surface area (Å²) in [7, 11) is 1.59. The third-order valence-electron chi connectivity index (χ3n) is 2.19. The van der Waals surface area contributed by atoms with Gasteiger partial charge in [0.1, 0.15) is 5.75 Å². The summed E-state index contributed by atoms with van der Waals surface area (Å²) in [6.07, 6.45) is -0.549. The molecule has 0 saturated carbocycles. The van der Waals surface area contributed by atoms with Crippen molar-refractivity contribution in [3.63, 3.8) is 0 Å². The molecular formula is C12H18N2O3. The van der Waals surface area contributed by atoms with Crippen LogP contribution in [-0.4, -0.2) is 30.9 Å². The van der Waals surface area contributed by atoms with Crippen LogP contribution in [0.3, 0.4) is 0 Å². The SMILES string of the molecule is COc1ccccc1CNC(=O)NCC(C)O. The van der Waals surface area contributed by atoms with Crippen LogP contribution in [0.25, 0.3) is 0 Å². The molecule has 5 heteroatoms. The Bertz CT molecular complexity index is 367. The van der Waals surface area contributed by atoms with Crippen molar-refractivity contribution >= 4 is 6.03 Å². The lowest BCUT2D eigenvalue weighted by Crippen LogP contribution is -2.38. The van der Waals surface area contributed by atoms with E-state index in [-0.39, 0.29) is 12.6 Å². The Kier molecular flexibility index (Phi) is 5.29. The van der Waals surface area contributed by atoms with Crippen LogP contribution >= 0.6 is 0 Å². The number of aliphatic hydroxyl groups is 1. The number of rotatable bonds is 5. The van der Waals surface area contributed by atoms with Crippen molar-refractivity contribution in [2.24, 2.45) is 0 Å². The molecule has 2 amide bonds. The van der Waals surface area contributed by atoms with Crippen LogP contribution in [0.1, 0.15) is 12.5 Å². The Morgan fingerprint density at radius 1 is 1.41 bits per heavy atom. The number of amides is 2. The van der Waals surface area contributed by atoms with E-state index in [0.717, 1.165) is 11.3 Å². The number of carbonyl (C=O) groups excluding carboxylic acids is 1. The Morgan fingerprint density at radius 2 is 2.12 bits per heavy atom. The molecule has 17 heavy (non-hydrogen) atoms. The van der Waals surface area contributed by atoms with E-state index in [9.17, 15) is 4.79 Å². The first-order chi connectivity index (χ1) is 8.13. The zero-order valence-corrected chi connectivity index (χ0v) is 10.1. The topological polar surface area (TPSA) is 70.6 Å². The van der Waals surface area contributed by atoms with Gasteiger partial charge < -0.3 is 20.5 Å². The van der Waals surface area contributed by atoms with E-state index >= 15 is 0 Å². The Balaban J connectivity index is 2.42. The van der Waals surface area contributed by atoms with Gasteiger partial charge in [0.15, 0.2) is 0 Å². The van der Waals surface area contributed by atoms with Crippen molar-refractivity contribution < 1.29 is 14.6 Å². The van der Waals surface area contributed by atoms with Crippen LogP contribution < -0.4 is 15.4 Å². The number of nitrogens with one attached hydrogen (secondary N) is 2. The molecule has 1 rings (SSSR count). The van der Waals surface area contributed by atoms with Gasteiger partial charge in [-0.05, 0) is 13.0 Å². The fourth-order valence-corrected chi connectivity index (χ4v) is 1.33. The predicted molar refractivity (Wildman–Crippen MR) is 64.9 cm³/mol. The molecule has 0 heterocycles. The second-order valence-electron chi connectivity index (χ2n) is 3.72. The van der Waals surface area contributed by atoms with Crippen LogP contribution in [0.5, 0.6) is 5.75 Å². The summed E-state index contributed by atoms with van der Waals surface area (Å²) in [5.41, 5.74) is 0.905. The smallest absolute Gasteiger partial charge is 0.315 e. The van der Waals surface area contributed by atoms with E-state index in [4.69, 9.17) is 9.84 Å². The zero-order chi connectivity index (χ0) is 12.7. The third kappa shape index (κ3) is 4.74. The van der Waals surface area contributed by atoms with E-state index in [1.807, 2.05) is 24.3 Å². The molecule has 94 valence electrons. The molecule has 0 spiro atoms. The molecule has 0 aliphatic carbocycles. The van der Waals surface area contributed by atoms with Gasteiger partial charge in [-0.2, -0.15) is 0 Å². The molecular weight excluding hydrogens is 220 g/mol. The maximum Gasteiger partial charge on any atom is 0.315 e. The summed E-state index contributed by atoms with van der Waals surface area (Å²) in [6.45, 7) is 2.23. The Labute approximate surface area is 101 Å². The zero-order valence-electron chi connectivity index (χ0n) is 10.1. The Hall–Kier alpha value is -1.75. The molecule has 0 aliphatic rings. The molecule has 0 aromatic heterocycles. The monoisotopic (exact) mass is 238 g/mol. The first-order valence-electron chi connectivity index (χ1n) is 5.45. The van der Waals surface area contributed by atoms with Crippen LogP contribution in [0.2, 0.25) is 0 Å². The summed E-state index contributed by atoms with van der Waals surface area (Å²) < 4.78 is 5.16. The molecule has 0 saturated heterocycles. The van der Waals surface area contributed by atoms with Crippen molar-refractivity contribution in [3.05, 3.63) is 29.8 Å². The molecule has 1 aromatic rings. The lowest BCUT2D eigenvalue weighted by Gasteiger charge is -2.11. The molecule has 0 aliphatic heterocycles. The first kappa shape index (κ1) is 13.3. The minimum atomic E-state index is -0.549. The molecule has 3 N–H and O–H groups in total. The predicted octanol–water partition coefficient (Wildman–Crippen LogP) is 0.875. The maximum atomic E-state index is 11.3. The highest BCUT2D eigenvalue weighted by Crippen LogP contribution is 2.16. The second kappa shape index (κ2) is 6.75. The maximum absolute atomic E-state index is 11.3. The quantitative estimate of drug-likeness (QED) is 0.713. The van der Waals surface area contributed by atoms with Gasteiger partial charge in [-0.3, -0.25) is 0 Å². The van der Waals surface area contributed by atoms with Gasteiger partial charge in [-0.15, -0.1) is 0 Å². The minimum absolute atomic E-state index is 0.234. The van der Waals surface area contributed by atoms with Crippen LogP contribution in [0, 0.1) is 0 Å². The molecule has 0 fully saturated rings. The number of ether oxygens (including phenoxy) is 1. The number of carbonyl (C=O) groups is 1. The van der Waals surface area contributed by atoms with E-state index < -0.39 is 6.10 Å². The highest BCUT2D eigenvalue weighted by molar-refractivity contribution is 5.73. The van der Waals surface area contributed by atoms with Crippen LogP contribution in [0.4, 0.5) is 4.79 Å². The number of methoxy groups -OCH3 is 1. The van der Waals surface area contributed by atoms with E-state index in [2.05, 4.69) is 10.6 Å². The van der Waals surface area contributed by atoms with Crippen molar-refractivity contribution in [1.29, 1.82) is 0 Å². The number of para-hydroxylation sites is 1. The molecule has 0 radical (unpaired) electrons. The minimum Gasteiger partial charge on any atom is -0.496 e. The third-order valence-corrected chi connectivity index (χ3v) is 2.19. The average Bonchev–Trinajstić information content (AvgIpc) is 2.34. The average molecular weight is 238 g/mol. The fraction of sp³-hybridized carbons (Fsp3) is 0.417. The first-order valence-corrected chi connectivity index (χ1v) is 5.45. The number of hydrogen-bond acceptors (Lipinski definition) is 3. The molecule has 1 atom stereocenters. The molecule has 5 nitrogen and oxygen atoms in total. The normalized spacial score (nSPS) is 11.7. The Morgan fingerprint density at radius 3 is 2.76 bits per heavy atom. The number of hydrogen-bond donors (Lipinski definition) is 3. The highest BCUT2D eigenvalue weighted by Gasteiger charge is 2.05. The van der Waals surface area contributed by atoms with E-state index in [1.165, 1.54) is 0 Å². The van der Waals surface area contributed by atoms with E-state index in [1.54, 1.807) is 14.0 Å².